The Morgan fingerprint density at radius 3 is 2.42 bits per heavy atom. The first-order valence-electron chi connectivity index (χ1n) is 8.87. The van der Waals surface area contributed by atoms with E-state index in [-0.39, 0.29) is 18.4 Å². The molecule has 1 aromatic heterocycles. The fourth-order valence-electron chi connectivity index (χ4n) is 3.29. The number of aryl methyl sites for hydroxylation is 2. The van der Waals surface area contributed by atoms with Crippen LogP contribution in [0, 0.1) is 25.7 Å². The highest BCUT2D eigenvalue weighted by Gasteiger charge is 2.30. The Morgan fingerprint density at radius 2 is 1.88 bits per heavy atom. The summed E-state index contributed by atoms with van der Waals surface area (Å²) in [6.45, 7) is 5.19. The minimum Gasteiger partial charge on any atom is -0.481 e. The van der Waals surface area contributed by atoms with Gasteiger partial charge in [-0.3, -0.25) is 9.59 Å². The van der Waals surface area contributed by atoms with Crippen molar-refractivity contribution < 1.29 is 19.4 Å². The fourth-order valence-corrected chi connectivity index (χ4v) is 3.74. The summed E-state index contributed by atoms with van der Waals surface area (Å²) in [6, 6.07) is 0. The number of carboxylic acids is 1. The van der Waals surface area contributed by atoms with Gasteiger partial charge in [0.25, 0.3) is 0 Å². The van der Waals surface area contributed by atoms with Crippen LogP contribution in [0.3, 0.4) is 0 Å². The summed E-state index contributed by atoms with van der Waals surface area (Å²) in [5.41, 5.74) is 2.76. The maximum absolute atomic E-state index is 12.2. The molecule has 0 saturated carbocycles. The van der Waals surface area contributed by atoms with Gasteiger partial charge in [-0.25, -0.2) is 9.97 Å². The lowest BCUT2D eigenvalue weighted by atomic mass is 9.86. The minimum absolute atomic E-state index is 0.0542. The summed E-state index contributed by atoms with van der Waals surface area (Å²) < 4.78 is 5.29. The van der Waals surface area contributed by atoms with E-state index in [1.165, 1.54) is 11.8 Å². The molecule has 1 atom stereocenters. The maximum Gasteiger partial charge on any atom is 0.308 e. The molecule has 144 valence electrons. The number of aliphatic carboxylic acids is 1. The van der Waals surface area contributed by atoms with Crippen LogP contribution < -0.4 is 5.32 Å². The second-order valence-electron chi connectivity index (χ2n) is 6.56. The molecule has 2 heterocycles. The molecule has 1 amide bonds. The van der Waals surface area contributed by atoms with E-state index in [0.29, 0.717) is 26.1 Å². The highest BCUT2D eigenvalue weighted by atomic mass is 32.2. The topological polar surface area (TPSA) is 101 Å². The predicted molar refractivity (Wildman–Crippen MR) is 99.3 cm³/mol. The van der Waals surface area contributed by atoms with Gasteiger partial charge in [-0.05, 0) is 50.8 Å². The van der Waals surface area contributed by atoms with Gasteiger partial charge in [0, 0.05) is 37.6 Å². The van der Waals surface area contributed by atoms with Gasteiger partial charge in [-0.2, -0.15) is 0 Å². The third kappa shape index (κ3) is 5.67. The van der Waals surface area contributed by atoms with Crippen LogP contribution in [-0.4, -0.2) is 53.0 Å². The summed E-state index contributed by atoms with van der Waals surface area (Å²) in [6.07, 6.45) is 4.23. The van der Waals surface area contributed by atoms with Gasteiger partial charge >= 0.3 is 5.97 Å². The number of nitrogens with one attached hydrogen (secondary N) is 1. The molecule has 1 unspecified atom stereocenters. The van der Waals surface area contributed by atoms with E-state index < -0.39 is 11.9 Å². The minimum atomic E-state index is -0.857. The number of hydrogen-bond donors (Lipinski definition) is 2. The van der Waals surface area contributed by atoms with Crippen LogP contribution >= 0.6 is 11.8 Å². The van der Waals surface area contributed by atoms with Gasteiger partial charge in [-0.1, -0.05) is 11.8 Å². The molecule has 1 fully saturated rings. The van der Waals surface area contributed by atoms with Crippen molar-refractivity contribution in [1.29, 1.82) is 0 Å². The largest absolute Gasteiger partial charge is 0.481 e. The standard InChI is InChI=1S/C18H27N3O4S/c1-11-14(12(2)21-18(20-11)26-3)4-5-16(22)19-10-15(17(23)24)13-6-8-25-9-7-13/h13,15H,4-10H2,1-3H3,(H,19,22)(H,23,24). The Balaban J connectivity index is 1.87. The number of carboxylic acid groups (broad SMARTS) is 1. The van der Waals surface area contributed by atoms with Crippen molar-refractivity contribution in [2.75, 3.05) is 26.0 Å². The summed E-state index contributed by atoms with van der Waals surface area (Å²) in [7, 11) is 0. The summed E-state index contributed by atoms with van der Waals surface area (Å²) >= 11 is 1.49. The van der Waals surface area contributed by atoms with E-state index in [2.05, 4.69) is 15.3 Å². The van der Waals surface area contributed by atoms with Crippen molar-refractivity contribution in [3.8, 4) is 0 Å². The molecule has 8 heteroatoms. The van der Waals surface area contributed by atoms with E-state index in [1.54, 1.807) is 0 Å². The smallest absolute Gasteiger partial charge is 0.308 e. The van der Waals surface area contributed by atoms with Crippen LogP contribution in [0.1, 0.15) is 36.2 Å². The number of ether oxygens (including phenoxy) is 1. The van der Waals surface area contributed by atoms with E-state index in [4.69, 9.17) is 4.74 Å². The van der Waals surface area contributed by atoms with Crippen LogP contribution in [0.5, 0.6) is 0 Å². The first-order chi connectivity index (χ1) is 12.4. The van der Waals surface area contributed by atoms with Crippen LogP contribution in [0.2, 0.25) is 0 Å². The number of rotatable bonds is 8. The predicted octanol–water partition coefficient (Wildman–Crippen LogP) is 1.99. The van der Waals surface area contributed by atoms with E-state index in [1.807, 2.05) is 20.1 Å². The van der Waals surface area contributed by atoms with Gasteiger partial charge in [-0.15, -0.1) is 0 Å². The average molecular weight is 381 g/mol. The normalized spacial score (nSPS) is 16.3. The monoisotopic (exact) mass is 381 g/mol. The Bertz CT molecular complexity index is 624. The lowest BCUT2D eigenvalue weighted by molar-refractivity contribution is -0.144. The molecule has 0 bridgehead atoms. The second kappa shape index (κ2) is 9.87. The van der Waals surface area contributed by atoms with Gasteiger partial charge in [0.2, 0.25) is 5.91 Å². The summed E-state index contributed by atoms with van der Waals surface area (Å²) in [5, 5.41) is 13.0. The van der Waals surface area contributed by atoms with E-state index in [0.717, 1.165) is 34.9 Å². The van der Waals surface area contributed by atoms with Crippen LogP contribution in [-0.2, 0) is 20.7 Å². The number of carbonyl (C=O) groups is 2. The van der Waals surface area contributed by atoms with Crippen molar-refractivity contribution >= 4 is 23.6 Å². The molecule has 1 aromatic rings. The fraction of sp³-hybridized carbons (Fsp3) is 0.667. The van der Waals surface area contributed by atoms with Crippen molar-refractivity contribution in [3.63, 3.8) is 0 Å². The molecule has 1 aliphatic heterocycles. The molecule has 1 saturated heterocycles. The highest BCUT2D eigenvalue weighted by Crippen LogP contribution is 2.24. The van der Waals surface area contributed by atoms with Gasteiger partial charge in [0.15, 0.2) is 5.16 Å². The first kappa shape index (κ1) is 20.6. The second-order valence-corrected chi connectivity index (χ2v) is 7.33. The molecule has 0 radical (unpaired) electrons. The Labute approximate surface area is 158 Å². The molecule has 2 N–H and O–H groups in total. The van der Waals surface area contributed by atoms with Crippen molar-refractivity contribution in [1.82, 2.24) is 15.3 Å². The van der Waals surface area contributed by atoms with Crippen LogP contribution in [0.25, 0.3) is 0 Å². The molecule has 0 aromatic carbocycles. The number of hydrogen-bond acceptors (Lipinski definition) is 6. The number of aromatic nitrogens is 2. The zero-order chi connectivity index (χ0) is 19.1. The molecule has 2 rings (SSSR count). The quantitative estimate of drug-likeness (QED) is 0.524. The number of thioether (sulfide) groups is 1. The molecule has 7 nitrogen and oxygen atoms in total. The van der Waals surface area contributed by atoms with Crippen molar-refractivity contribution in [3.05, 3.63) is 17.0 Å². The summed E-state index contributed by atoms with van der Waals surface area (Å²) in [5.74, 6) is -1.50. The van der Waals surface area contributed by atoms with E-state index in [9.17, 15) is 14.7 Å². The van der Waals surface area contributed by atoms with E-state index >= 15 is 0 Å². The zero-order valence-electron chi connectivity index (χ0n) is 15.6. The Morgan fingerprint density at radius 1 is 1.27 bits per heavy atom. The maximum atomic E-state index is 12.2. The SMILES string of the molecule is CSc1nc(C)c(CCC(=O)NCC(C(=O)O)C2CCOCC2)c(C)n1. The Hall–Kier alpha value is -1.67. The molecular formula is C18H27N3O4S. The lowest BCUT2D eigenvalue weighted by Crippen LogP contribution is -2.39. The summed E-state index contributed by atoms with van der Waals surface area (Å²) in [4.78, 5) is 32.6. The lowest BCUT2D eigenvalue weighted by Gasteiger charge is -2.27. The number of amides is 1. The van der Waals surface area contributed by atoms with Gasteiger partial charge in [0.05, 0.1) is 5.92 Å². The van der Waals surface area contributed by atoms with Crippen LogP contribution in [0.15, 0.2) is 5.16 Å². The number of nitrogens with zero attached hydrogens (tertiary/aromatic N) is 2. The first-order valence-corrected chi connectivity index (χ1v) is 10.1. The molecule has 0 spiro atoms. The third-order valence-electron chi connectivity index (χ3n) is 4.86. The molecule has 0 aliphatic carbocycles. The van der Waals surface area contributed by atoms with Crippen molar-refractivity contribution in [2.24, 2.45) is 11.8 Å². The molecular weight excluding hydrogens is 354 g/mol. The van der Waals surface area contributed by atoms with Gasteiger partial charge in [0.1, 0.15) is 0 Å². The van der Waals surface area contributed by atoms with Crippen molar-refractivity contribution in [2.45, 2.75) is 44.7 Å². The van der Waals surface area contributed by atoms with Crippen LogP contribution in [0.4, 0.5) is 0 Å². The van der Waals surface area contributed by atoms with Gasteiger partial charge < -0.3 is 15.2 Å². The number of carbonyl (C=O) groups excluding carboxylic acids is 1. The molecule has 26 heavy (non-hydrogen) atoms. The zero-order valence-corrected chi connectivity index (χ0v) is 16.4. The third-order valence-corrected chi connectivity index (χ3v) is 5.40. The Kier molecular flexibility index (Phi) is 7.84. The highest BCUT2D eigenvalue weighted by molar-refractivity contribution is 7.98. The molecule has 1 aliphatic rings. The average Bonchev–Trinajstić information content (AvgIpc) is 2.61.